The van der Waals surface area contributed by atoms with Crippen molar-refractivity contribution < 1.29 is 9.66 Å². The number of non-ortho nitro benzene ring substituents is 1. The maximum atomic E-state index is 10.5. The van der Waals surface area contributed by atoms with Gasteiger partial charge in [-0.05, 0) is 26.0 Å². The highest BCUT2D eigenvalue weighted by Crippen LogP contribution is 2.28. The third kappa shape index (κ3) is 2.28. The molecule has 0 aliphatic carbocycles. The first-order valence-electron chi connectivity index (χ1n) is 5.30. The molecule has 1 aromatic rings. The summed E-state index contributed by atoms with van der Waals surface area (Å²) in [7, 11) is 0. The van der Waals surface area contributed by atoms with Gasteiger partial charge in [0.1, 0.15) is 0 Å². The first kappa shape index (κ1) is 12.0. The Labute approximate surface area is 98.9 Å². The topological polar surface area (TPSA) is 90.4 Å². The molecule has 1 saturated heterocycles. The van der Waals surface area contributed by atoms with Gasteiger partial charge < -0.3 is 4.74 Å². The molecule has 3 N–H and O–H groups in total. The third-order valence-corrected chi connectivity index (χ3v) is 2.69. The first-order valence-corrected chi connectivity index (χ1v) is 5.30. The molecule has 0 spiro atoms. The molecule has 1 fully saturated rings. The van der Waals surface area contributed by atoms with Gasteiger partial charge in [-0.25, -0.2) is 0 Å². The molecule has 92 valence electrons. The van der Waals surface area contributed by atoms with Gasteiger partial charge in [-0.15, -0.1) is 0 Å². The zero-order valence-electron chi connectivity index (χ0n) is 9.77. The number of nitrogens with one attached hydrogen (secondary N) is 1. The molecule has 0 aromatic heterocycles. The average Bonchev–Trinajstić information content (AvgIpc) is 2.54. The molecule has 0 radical (unpaired) electrons. The summed E-state index contributed by atoms with van der Waals surface area (Å²) in [6.45, 7) is 4.44. The Morgan fingerprint density at radius 3 is 2.41 bits per heavy atom. The molecule has 1 aromatic carbocycles. The SMILES string of the molecule is CC1(C)COC(N)(c2ccc([N+](=O)[O-])cc2)N1. The van der Waals surface area contributed by atoms with Crippen LogP contribution in [0.25, 0.3) is 0 Å². The first-order chi connectivity index (χ1) is 7.82. The lowest BCUT2D eigenvalue weighted by molar-refractivity contribution is -0.384. The summed E-state index contributed by atoms with van der Waals surface area (Å²) in [5.41, 5.74) is 6.58. The van der Waals surface area contributed by atoms with E-state index < -0.39 is 10.8 Å². The molecule has 0 bridgehead atoms. The number of rotatable bonds is 2. The van der Waals surface area contributed by atoms with Crippen LogP contribution in [0.5, 0.6) is 0 Å². The molecule has 2 rings (SSSR count). The Bertz CT molecular complexity index is 444. The monoisotopic (exact) mass is 237 g/mol. The van der Waals surface area contributed by atoms with Gasteiger partial charge >= 0.3 is 0 Å². The highest BCUT2D eigenvalue weighted by molar-refractivity contribution is 5.35. The molecule has 1 heterocycles. The zero-order valence-corrected chi connectivity index (χ0v) is 9.77. The lowest BCUT2D eigenvalue weighted by Gasteiger charge is -2.26. The Morgan fingerprint density at radius 2 is 2.00 bits per heavy atom. The summed E-state index contributed by atoms with van der Waals surface area (Å²) in [6.07, 6.45) is 0. The Balaban J connectivity index is 2.26. The van der Waals surface area contributed by atoms with E-state index in [0.29, 0.717) is 12.2 Å². The molecule has 17 heavy (non-hydrogen) atoms. The van der Waals surface area contributed by atoms with Crippen LogP contribution in [0.1, 0.15) is 19.4 Å². The summed E-state index contributed by atoms with van der Waals surface area (Å²) in [4.78, 5) is 10.1. The summed E-state index contributed by atoms with van der Waals surface area (Å²) in [5, 5.41) is 13.7. The molecular formula is C11H15N3O3. The minimum Gasteiger partial charge on any atom is -0.342 e. The van der Waals surface area contributed by atoms with Gasteiger partial charge in [0.15, 0.2) is 5.85 Å². The van der Waals surface area contributed by atoms with Crippen molar-refractivity contribution in [1.82, 2.24) is 5.32 Å². The number of nitro groups is 1. The molecule has 6 heteroatoms. The van der Waals surface area contributed by atoms with E-state index in [9.17, 15) is 10.1 Å². The van der Waals surface area contributed by atoms with Gasteiger partial charge in [0, 0.05) is 23.2 Å². The van der Waals surface area contributed by atoms with Gasteiger partial charge in [-0.2, -0.15) is 0 Å². The molecule has 0 amide bonds. The van der Waals surface area contributed by atoms with Crippen LogP contribution in [-0.4, -0.2) is 17.1 Å². The molecule has 1 unspecified atom stereocenters. The highest BCUT2D eigenvalue weighted by Gasteiger charge is 2.42. The Kier molecular flexibility index (Phi) is 2.65. The summed E-state index contributed by atoms with van der Waals surface area (Å²) in [5.74, 6) is -1.07. The van der Waals surface area contributed by atoms with E-state index >= 15 is 0 Å². The second kappa shape index (κ2) is 3.76. The van der Waals surface area contributed by atoms with E-state index in [1.165, 1.54) is 12.1 Å². The fourth-order valence-corrected chi connectivity index (χ4v) is 1.86. The van der Waals surface area contributed by atoms with Crippen molar-refractivity contribution in [3.63, 3.8) is 0 Å². The summed E-state index contributed by atoms with van der Waals surface area (Å²) in [6, 6.07) is 6.04. The van der Waals surface area contributed by atoms with E-state index in [-0.39, 0.29) is 11.2 Å². The van der Waals surface area contributed by atoms with Crippen LogP contribution < -0.4 is 11.1 Å². The second-order valence-corrected chi connectivity index (χ2v) is 4.84. The van der Waals surface area contributed by atoms with E-state index in [1.54, 1.807) is 12.1 Å². The fraction of sp³-hybridized carbons (Fsp3) is 0.455. The van der Waals surface area contributed by atoms with Crippen molar-refractivity contribution in [1.29, 1.82) is 0 Å². The summed E-state index contributed by atoms with van der Waals surface area (Å²) < 4.78 is 5.54. The van der Waals surface area contributed by atoms with Crippen LogP contribution in [0.3, 0.4) is 0 Å². The number of hydrogen-bond donors (Lipinski definition) is 2. The van der Waals surface area contributed by atoms with Gasteiger partial charge in [0.25, 0.3) is 5.69 Å². The van der Waals surface area contributed by atoms with Crippen molar-refractivity contribution in [2.75, 3.05) is 6.61 Å². The van der Waals surface area contributed by atoms with Crippen LogP contribution in [0.15, 0.2) is 24.3 Å². The normalized spacial score (nSPS) is 27.0. The van der Waals surface area contributed by atoms with Crippen LogP contribution in [0.4, 0.5) is 5.69 Å². The van der Waals surface area contributed by atoms with Crippen LogP contribution >= 0.6 is 0 Å². The van der Waals surface area contributed by atoms with Crippen LogP contribution in [0.2, 0.25) is 0 Å². The van der Waals surface area contributed by atoms with E-state index in [0.717, 1.165) is 0 Å². The maximum Gasteiger partial charge on any atom is 0.269 e. The van der Waals surface area contributed by atoms with Crippen LogP contribution in [-0.2, 0) is 10.6 Å². The van der Waals surface area contributed by atoms with Crippen molar-refractivity contribution in [2.24, 2.45) is 5.73 Å². The number of ether oxygens (including phenoxy) is 1. The van der Waals surface area contributed by atoms with Gasteiger partial charge in [0.05, 0.1) is 11.5 Å². The standard InChI is InChI=1S/C11H15N3O3/c1-10(2)7-17-11(12,13-10)8-3-5-9(6-4-8)14(15)16/h3-6,13H,7,12H2,1-2H3. The number of nitro benzene ring substituents is 1. The summed E-state index contributed by atoms with van der Waals surface area (Å²) >= 11 is 0. The minimum atomic E-state index is -1.07. The predicted octanol–water partition coefficient (Wildman–Crippen LogP) is 1.06. The largest absolute Gasteiger partial charge is 0.342 e. The quantitative estimate of drug-likeness (QED) is 0.593. The Hall–Kier alpha value is -1.50. The van der Waals surface area contributed by atoms with E-state index in [4.69, 9.17) is 10.5 Å². The lowest BCUT2D eigenvalue weighted by Crippen LogP contribution is -2.52. The number of nitrogens with two attached hydrogens (primary N) is 1. The molecule has 1 aliphatic heterocycles. The van der Waals surface area contributed by atoms with E-state index in [1.807, 2.05) is 13.8 Å². The Morgan fingerprint density at radius 1 is 1.41 bits per heavy atom. The molecule has 1 aliphatic rings. The predicted molar refractivity (Wildman–Crippen MR) is 62.1 cm³/mol. The minimum absolute atomic E-state index is 0.0367. The third-order valence-electron chi connectivity index (χ3n) is 2.69. The maximum absolute atomic E-state index is 10.5. The molecule has 1 atom stereocenters. The smallest absolute Gasteiger partial charge is 0.269 e. The number of benzene rings is 1. The average molecular weight is 237 g/mol. The lowest BCUT2D eigenvalue weighted by atomic mass is 10.1. The van der Waals surface area contributed by atoms with Crippen molar-refractivity contribution >= 4 is 5.69 Å². The van der Waals surface area contributed by atoms with Gasteiger partial charge in [0.2, 0.25) is 0 Å². The van der Waals surface area contributed by atoms with Crippen molar-refractivity contribution in [2.45, 2.75) is 25.2 Å². The second-order valence-electron chi connectivity index (χ2n) is 4.84. The number of hydrogen-bond acceptors (Lipinski definition) is 5. The van der Waals surface area contributed by atoms with E-state index in [2.05, 4.69) is 5.32 Å². The van der Waals surface area contributed by atoms with Gasteiger partial charge in [-0.3, -0.25) is 21.2 Å². The van der Waals surface area contributed by atoms with Crippen molar-refractivity contribution in [3.05, 3.63) is 39.9 Å². The molecule has 6 nitrogen and oxygen atoms in total. The fourth-order valence-electron chi connectivity index (χ4n) is 1.86. The van der Waals surface area contributed by atoms with Crippen LogP contribution in [0, 0.1) is 10.1 Å². The zero-order chi connectivity index (χ0) is 12.7. The molecular weight excluding hydrogens is 222 g/mol. The highest BCUT2D eigenvalue weighted by atomic mass is 16.6. The van der Waals surface area contributed by atoms with Gasteiger partial charge in [-0.1, -0.05) is 0 Å². The van der Waals surface area contributed by atoms with Crippen molar-refractivity contribution in [3.8, 4) is 0 Å². The molecule has 0 saturated carbocycles. The number of nitrogens with zero attached hydrogens (tertiary/aromatic N) is 1.